The van der Waals surface area contributed by atoms with Gasteiger partial charge in [-0.1, -0.05) is 13.8 Å². The van der Waals surface area contributed by atoms with E-state index in [2.05, 4.69) is 13.8 Å². The molecule has 5 heteroatoms. The molecule has 4 nitrogen and oxygen atoms in total. The van der Waals surface area contributed by atoms with Gasteiger partial charge in [-0.2, -0.15) is 0 Å². The van der Waals surface area contributed by atoms with Crippen LogP contribution in [0.2, 0.25) is 0 Å². The third kappa shape index (κ3) is 4.66. The molecule has 0 spiro atoms. The van der Waals surface area contributed by atoms with Crippen LogP contribution in [-0.2, 0) is 14.6 Å². The summed E-state index contributed by atoms with van der Waals surface area (Å²) in [6.07, 6.45) is 4.55. The van der Waals surface area contributed by atoms with Crippen molar-refractivity contribution in [3.8, 4) is 0 Å². The number of carbonyl (C=O) groups excluding carboxylic acids is 1. The Labute approximate surface area is 104 Å². The van der Waals surface area contributed by atoms with E-state index in [4.69, 9.17) is 0 Å². The van der Waals surface area contributed by atoms with E-state index in [1.165, 1.54) is 12.7 Å². The molecule has 1 atom stereocenters. The fourth-order valence-electron chi connectivity index (χ4n) is 2.38. The van der Waals surface area contributed by atoms with Crippen molar-refractivity contribution in [2.24, 2.45) is 5.92 Å². The number of piperidine rings is 1. The summed E-state index contributed by atoms with van der Waals surface area (Å²) in [6.45, 7) is 5.02. The van der Waals surface area contributed by atoms with Crippen LogP contribution >= 0.6 is 0 Å². The maximum atomic E-state index is 12.0. The molecular weight excluding hydrogens is 238 g/mol. The summed E-state index contributed by atoms with van der Waals surface area (Å²) in [7, 11) is -3.04. The molecule has 17 heavy (non-hydrogen) atoms. The lowest BCUT2D eigenvalue weighted by atomic mass is 9.92. The second-order valence-corrected chi connectivity index (χ2v) is 7.53. The smallest absolute Gasteiger partial charge is 0.223 e. The molecule has 100 valence electrons. The molecule has 1 amide bonds. The zero-order valence-electron chi connectivity index (χ0n) is 11.0. The van der Waals surface area contributed by atoms with E-state index in [0.29, 0.717) is 5.92 Å². The van der Waals surface area contributed by atoms with Gasteiger partial charge in [-0.25, -0.2) is 8.42 Å². The molecular formula is C12H23NO3S. The van der Waals surface area contributed by atoms with Crippen LogP contribution in [0.15, 0.2) is 0 Å². The first-order chi connectivity index (χ1) is 7.81. The quantitative estimate of drug-likeness (QED) is 0.770. The van der Waals surface area contributed by atoms with E-state index < -0.39 is 9.84 Å². The van der Waals surface area contributed by atoms with Gasteiger partial charge in [0.15, 0.2) is 0 Å². The number of carbonyl (C=O) groups is 1. The minimum Gasteiger partial charge on any atom is -0.339 e. The average Bonchev–Trinajstić information content (AvgIpc) is 2.25. The molecule has 1 heterocycles. The summed E-state index contributed by atoms with van der Waals surface area (Å²) in [5.41, 5.74) is 0. The molecule has 0 aliphatic carbocycles. The highest BCUT2D eigenvalue weighted by molar-refractivity contribution is 7.90. The Balaban J connectivity index is 2.59. The Bertz CT molecular complexity index is 362. The third-order valence-electron chi connectivity index (χ3n) is 3.33. The first-order valence-electron chi connectivity index (χ1n) is 6.28. The fourth-order valence-corrected chi connectivity index (χ4v) is 2.92. The van der Waals surface area contributed by atoms with Crippen molar-refractivity contribution in [2.75, 3.05) is 18.6 Å². The Hall–Kier alpha value is -0.580. The Morgan fingerprint density at radius 3 is 2.53 bits per heavy atom. The maximum Gasteiger partial charge on any atom is 0.223 e. The number of nitrogens with zero attached hydrogens (tertiary/aromatic N) is 1. The van der Waals surface area contributed by atoms with Gasteiger partial charge in [0, 0.05) is 25.3 Å². The molecule has 1 fully saturated rings. The molecule has 0 saturated carbocycles. The number of sulfone groups is 1. The van der Waals surface area contributed by atoms with Gasteiger partial charge >= 0.3 is 0 Å². The van der Waals surface area contributed by atoms with Crippen LogP contribution in [0.1, 0.15) is 39.5 Å². The number of hydrogen-bond acceptors (Lipinski definition) is 3. The molecule has 1 rings (SSSR count). The summed E-state index contributed by atoms with van der Waals surface area (Å²) in [5.74, 6) is 0.402. The number of likely N-dealkylation sites (tertiary alicyclic amines) is 1. The van der Waals surface area contributed by atoms with Crippen LogP contribution in [0.4, 0.5) is 0 Å². The second kappa shape index (κ2) is 5.85. The first-order valence-corrected chi connectivity index (χ1v) is 8.34. The predicted octanol–water partition coefficient (Wildman–Crippen LogP) is 1.46. The fraction of sp³-hybridized carbons (Fsp3) is 0.917. The zero-order valence-corrected chi connectivity index (χ0v) is 11.8. The van der Waals surface area contributed by atoms with E-state index in [0.717, 1.165) is 19.4 Å². The van der Waals surface area contributed by atoms with Gasteiger partial charge in [-0.05, 0) is 25.2 Å². The molecule has 0 aromatic carbocycles. The van der Waals surface area contributed by atoms with Crippen LogP contribution in [-0.4, -0.2) is 43.8 Å². The van der Waals surface area contributed by atoms with E-state index in [-0.39, 0.29) is 24.1 Å². The molecule has 0 radical (unpaired) electrons. The predicted molar refractivity (Wildman–Crippen MR) is 68.5 cm³/mol. The van der Waals surface area contributed by atoms with Crippen molar-refractivity contribution in [1.82, 2.24) is 4.90 Å². The Morgan fingerprint density at radius 1 is 1.35 bits per heavy atom. The lowest BCUT2D eigenvalue weighted by Gasteiger charge is -2.38. The maximum absolute atomic E-state index is 12.0. The van der Waals surface area contributed by atoms with Gasteiger partial charge in [-0.15, -0.1) is 0 Å². The van der Waals surface area contributed by atoms with Crippen molar-refractivity contribution < 1.29 is 13.2 Å². The molecule has 0 aromatic rings. The van der Waals surface area contributed by atoms with Crippen LogP contribution < -0.4 is 0 Å². The lowest BCUT2D eigenvalue weighted by Crippen LogP contribution is -2.46. The van der Waals surface area contributed by atoms with E-state index in [1.54, 1.807) is 0 Å². The Kier molecular flexibility index (Phi) is 4.98. The topological polar surface area (TPSA) is 54.5 Å². The van der Waals surface area contributed by atoms with Crippen molar-refractivity contribution in [3.05, 3.63) is 0 Å². The summed E-state index contributed by atoms with van der Waals surface area (Å²) >= 11 is 0. The standard InChI is InChI=1S/C12H23NO3S/c1-10(2)11-6-4-5-8-13(11)12(14)7-9-17(3,15)16/h10-11H,4-9H2,1-3H3/t11-/m0/s1. The van der Waals surface area contributed by atoms with Gasteiger partial charge < -0.3 is 4.90 Å². The van der Waals surface area contributed by atoms with Crippen LogP contribution in [0.25, 0.3) is 0 Å². The summed E-state index contributed by atoms with van der Waals surface area (Å²) < 4.78 is 22.1. The molecule has 1 aliphatic rings. The molecule has 0 N–H and O–H groups in total. The van der Waals surface area contributed by atoms with Gasteiger partial charge in [0.05, 0.1) is 5.75 Å². The largest absolute Gasteiger partial charge is 0.339 e. The van der Waals surface area contributed by atoms with E-state index in [9.17, 15) is 13.2 Å². The highest BCUT2D eigenvalue weighted by Crippen LogP contribution is 2.23. The number of rotatable bonds is 4. The number of amides is 1. The lowest BCUT2D eigenvalue weighted by molar-refractivity contribution is -0.135. The van der Waals surface area contributed by atoms with Crippen molar-refractivity contribution in [1.29, 1.82) is 0 Å². The molecule has 0 unspecified atom stereocenters. The molecule has 1 aliphatic heterocycles. The van der Waals surface area contributed by atoms with Crippen LogP contribution in [0.3, 0.4) is 0 Å². The van der Waals surface area contributed by atoms with Gasteiger partial charge in [0.25, 0.3) is 0 Å². The van der Waals surface area contributed by atoms with Crippen molar-refractivity contribution in [2.45, 2.75) is 45.6 Å². The summed E-state index contributed by atoms with van der Waals surface area (Å²) in [4.78, 5) is 13.9. The molecule has 1 saturated heterocycles. The summed E-state index contributed by atoms with van der Waals surface area (Å²) in [5, 5.41) is 0. The minimum atomic E-state index is -3.04. The normalized spacial score (nSPS) is 21.9. The van der Waals surface area contributed by atoms with Crippen LogP contribution in [0, 0.1) is 5.92 Å². The minimum absolute atomic E-state index is 0.00572. The van der Waals surface area contributed by atoms with Gasteiger partial charge in [-0.3, -0.25) is 4.79 Å². The van der Waals surface area contributed by atoms with Crippen molar-refractivity contribution >= 4 is 15.7 Å². The molecule has 0 bridgehead atoms. The highest BCUT2D eigenvalue weighted by atomic mass is 32.2. The van der Waals surface area contributed by atoms with Crippen molar-refractivity contribution in [3.63, 3.8) is 0 Å². The SMILES string of the molecule is CC(C)[C@@H]1CCCCN1C(=O)CCS(C)(=O)=O. The highest BCUT2D eigenvalue weighted by Gasteiger charge is 2.28. The van der Waals surface area contributed by atoms with E-state index in [1.807, 2.05) is 4.90 Å². The van der Waals surface area contributed by atoms with Crippen LogP contribution in [0.5, 0.6) is 0 Å². The third-order valence-corrected chi connectivity index (χ3v) is 4.27. The van der Waals surface area contributed by atoms with Gasteiger partial charge in [0.1, 0.15) is 9.84 Å². The van der Waals surface area contributed by atoms with Gasteiger partial charge in [0.2, 0.25) is 5.91 Å². The van der Waals surface area contributed by atoms with E-state index >= 15 is 0 Å². The first kappa shape index (κ1) is 14.5. The second-order valence-electron chi connectivity index (χ2n) is 5.27. The Morgan fingerprint density at radius 2 is 2.00 bits per heavy atom. The average molecular weight is 261 g/mol. The zero-order chi connectivity index (χ0) is 13.1. The molecule has 0 aromatic heterocycles. The summed E-state index contributed by atoms with van der Waals surface area (Å²) in [6, 6.07) is 0.288. The number of hydrogen-bond donors (Lipinski definition) is 0. The monoisotopic (exact) mass is 261 g/mol.